The number of nitrogens with two attached hydrogens (primary N) is 1. The normalized spacial score (nSPS) is 11.0. The van der Waals surface area contributed by atoms with Gasteiger partial charge in [-0.15, -0.1) is 12.4 Å². The number of hydrogen-bond acceptors (Lipinski definition) is 3. The second-order valence-corrected chi connectivity index (χ2v) is 6.52. The lowest BCUT2D eigenvalue weighted by Crippen LogP contribution is -2.26. The molecule has 154 valence electrons. The number of carbonyl (C=O) groups is 1. The van der Waals surface area contributed by atoms with Gasteiger partial charge in [-0.2, -0.15) is 13.2 Å². The van der Waals surface area contributed by atoms with Crippen LogP contribution in [0.3, 0.4) is 0 Å². The fourth-order valence-electron chi connectivity index (χ4n) is 2.86. The molecule has 0 radical (unpaired) electrons. The standard InChI is InChI=1S/C20H23F3N2O2.ClH/c1-13-8-16(9-14(2)18(13)27-12-20(21,22)23)11-25(3)19(26)17-6-4-15(10-24)5-7-17;/h4-9H,10-12,24H2,1-3H3;1H. The first-order chi connectivity index (χ1) is 12.6. The van der Waals surface area contributed by atoms with Crippen molar-refractivity contribution in [3.63, 3.8) is 0 Å². The van der Waals surface area contributed by atoms with Crippen molar-refractivity contribution < 1.29 is 22.7 Å². The molecule has 4 nitrogen and oxygen atoms in total. The van der Waals surface area contributed by atoms with Crippen LogP contribution in [0.1, 0.15) is 32.6 Å². The zero-order valence-electron chi connectivity index (χ0n) is 16.0. The van der Waals surface area contributed by atoms with Crippen LogP contribution in [-0.4, -0.2) is 30.6 Å². The smallest absolute Gasteiger partial charge is 0.422 e. The topological polar surface area (TPSA) is 55.6 Å². The lowest BCUT2D eigenvalue weighted by molar-refractivity contribution is -0.153. The van der Waals surface area contributed by atoms with Crippen LogP contribution < -0.4 is 10.5 Å². The average molecular weight is 417 g/mol. The van der Waals surface area contributed by atoms with Crippen molar-refractivity contribution in [2.24, 2.45) is 5.73 Å². The average Bonchev–Trinajstić information content (AvgIpc) is 2.59. The van der Waals surface area contributed by atoms with Gasteiger partial charge in [0.1, 0.15) is 5.75 Å². The van der Waals surface area contributed by atoms with Gasteiger partial charge in [-0.05, 0) is 48.2 Å². The number of hydrogen-bond donors (Lipinski definition) is 1. The number of aryl methyl sites for hydroxylation is 2. The zero-order chi connectivity index (χ0) is 20.2. The highest BCUT2D eigenvalue weighted by Gasteiger charge is 2.29. The summed E-state index contributed by atoms with van der Waals surface area (Å²) in [5, 5.41) is 0. The maximum absolute atomic E-state index is 12.5. The van der Waals surface area contributed by atoms with Crippen molar-refractivity contribution in [2.45, 2.75) is 33.1 Å². The number of alkyl halides is 3. The number of carbonyl (C=O) groups excluding carboxylic acids is 1. The van der Waals surface area contributed by atoms with E-state index in [0.717, 1.165) is 11.1 Å². The van der Waals surface area contributed by atoms with Gasteiger partial charge in [0.15, 0.2) is 6.61 Å². The summed E-state index contributed by atoms with van der Waals surface area (Å²) in [7, 11) is 1.68. The Balaban J connectivity index is 0.00000392. The molecule has 0 bridgehead atoms. The molecule has 2 N–H and O–H groups in total. The SMILES string of the molecule is Cc1cc(CN(C)C(=O)c2ccc(CN)cc2)cc(C)c1OCC(F)(F)F.Cl. The molecule has 0 spiro atoms. The van der Waals surface area contributed by atoms with Gasteiger partial charge in [0, 0.05) is 25.7 Å². The minimum Gasteiger partial charge on any atom is -0.484 e. The van der Waals surface area contributed by atoms with E-state index in [0.29, 0.717) is 29.8 Å². The molecule has 8 heteroatoms. The van der Waals surface area contributed by atoms with Crippen LogP contribution in [0.15, 0.2) is 36.4 Å². The van der Waals surface area contributed by atoms with Crippen molar-refractivity contribution in [3.05, 3.63) is 64.2 Å². The Bertz CT molecular complexity index is 785. The molecule has 0 aliphatic carbocycles. The lowest BCUT2D eigenvalue weighted by atomic mass is 10.0. The monoisotopic (exact) mass is 416 g/mol. The van der Waals surface area contributed by atoms with Crippen LogP contribution in [0, 0.1) is 13.8 Å². The van der Waals surface area contributed by atoms with Gasteiger partial charge >= 0.3 is 6.18 Å². The Labute approximate surface area is 168 Å². The summed E-state index contributed by atoms with van der Waals surface area (Å²) in [6.07, 6.45) is -4.39. The van der Waals surface area contributed by atoms with Gasteiger partial charge in [0.05, 0.1) is 0 Å². The van der Waals surface area contributed by atoms with Crippen LogP contribution in [0.2, 0.25) is 0 Å². The molecule has 1 amide bonds. The molecule has 2 aromatic carbocycles. The second kappa shape index (κ2) is 9.80. The first kappa shape index (κ1) is 23.8. The molecule has 2 aromatic rings. The summed E-state index contributed by atoms with van der Waals surface area (Å²) < 4.78 is 42.0. The number of nitrogens with zero attached hydrogens (tertiary/aromatic N) is 1. The van der Waals surface area contributed by atoms with Gasteiger partial charge in [0.2, 0.25) is 0 Å². The van der Waals surface area contributed by atoms with E-state index in [1.165, 1.54) is 0 Å². The molecule has 28 heavy (non-hydrogen) atoms. The van der Waals surface area contributed by atoms with Crippen molar-refractivity contribution in [1.82, 2.24) is 4.90 Å². The maximum Gasteiger partial charge on any atom is 0.422 e. The summed E-state index contributed by atoms with van der Waals surface area (Å²) >= 11 is 0. The molecule has 0 unspecified atom stereocenters. The van der Waals surface area contributed by atoms with E-state index in [1.54, 1.807) is 50.1 Å². The third kappa shape index (κ3) is 6.42. The Kier molecular flexibility index (Phi) is 8.32. The molecular formula is C20H24ClF3N2O2. The van der Waals surface area contributed by atoms with Crippen LogP contribution in [0.25, 0.3) is 0 Å². The second-order valence-electron chi connectivity index (χ2n) is 6.52. The Hall–Kier alpha value is -2.25. The summed E-state index contributed by atoms with van der Waals surface area (Å²) in [5.74, 6) is 0.0775. The summed E-state index contributed by atoms with van der Waals surface area (Å²) in [6.45, 7) is 2.79. The predicted molar refractivity (Wildman–Crippen MR) is 105 cm³/mol. The Morgan fingerprint density at radius 2 is 1.61 bits per heavy atom. The third-order valence-corrected chi connectivity index (χ3v) is 4.10. The molecule has 0 heterocycles. The summed E-state index contributed by atoms with van der Waals surface area (Å²) in [6, 6.07) is 10.5. The molecule has 0 aliphatic heterocycles. The molecular weight excluding hydrogens is 393 g/mol. The molecule has 0 aliphatic rings. The van der Waals surface area contributed by atoms with E-state index in [-0.39, 0.29) is 24.1 Å². The summed E-state index contributed by atoms with van der Waals surface area (Å²) in [5.41, 5.74) is 9.06. The highest BCUT2D eigenvalue weighted by molar-refractivity contribution is 5.94. The number of amides is 1. The maximum atomic E-state index is 12.5. The van der Waals surface area contributed by atoms with Crippen LogP contribution in [0.4, 0.5) is 13.2 Å². The Morgan fingerprint density at radius 1 is 1.07 bits per heavy atom. The molecule has 0 atom stereocenters. The van der Waals surface area contributed by atoms with E-state index in [9.17, 15) is 18.0 Å². The fourth-order valence-corrected chi connectivity index (χ4v) is 2.86. The third-order valence-electron chi connectivity index (χ3n) is 4.10. The van der Waals surface area contributed by atoms with Crippen molar-refractivity contribution in [1.29, 1.82) is 0 Å². The first-order valence-corrected chi connectivity index (χ1v) is 8.45. The van der Waals surface area contributed by atoms with E-state index in [4.69, 9.17) is 10.5 Å². The van der Waals surface area contributed by atoms with Crippen LogP contribution >= 0.6 is 12.4 Å². The molecule has 0 fully saturated rings. The first-order valence-electron chi connectivity index (χ1n) is 8.45. The predicted octanol–water partition coefficient (Wildman–Crippen LogP) is 4.40. The van der Waals surface area contributed by atoms with Crippen LogP contribution in [-0.2, 0) is 13.1 Å². The quantitative estimate of drug-likeness (QED) is 0.759. The largest absolute Gasteiger partial charge is 0.484 e. The van der Waals surface area contributed by atoms with Gasteiger partial charge < -0.3 is 15.4 Å². The highest BCUT2D eigenvalue weighted by atomic mass is 35.5. The van der Waals surface area contributed by atoms with Gasteiger partial charge in [-0.3, -0.25) is 4.79 Å². The number of benzene rings is 2. The Morgan fingerprint density at radius 3 is 2.07 bits per heavy atom. The minimum atomic E-state index is -4.39. The van der Waals surface area contributed by atoms with Gasteiger partial charge in [-0.25, -0.2) is 0 Å². The minimum absolute atomic E-state index is 0. The molecule has 0 saturated heterocycles. The zero-order valence-corrected chi connectivity index (χ0v) is 16.8. The fraction of sp³-hybridized carbons (Fsp3) is 0.350. The van der Waals surface area contributed by atoms with Gasteiger partial charge in [-0.1, -0.05) is 24.3 Å². The summed E-state index contributed by atoms with van der Waals surface area (Å²) in [4.78, 5) is 14.1. The van der Waals surface area contributed by atoms with Crippen molar-refractivity contribution >= 4 is 18.3 Å². The van der Waals surface area contributed by atoms with E-state index >= 15 is 0 Å². The van der Waals surface area contributed by atoms with Crippen molar-refractivity contribution in [2.75, 3.05) is 13.7 Å². The highest BCUT2D eigenvalue weighted by Crippen LogP contribution is 2.27. The van der Waals surface area contributed by atoms with Crippen LogP contribution in [0.5, 0.6) is 5.75 Å². The van der Waals surface area contributed by atoms with Gasteiger partial charge in [0.25, 0.3) is 5.91 Å². The number of ether oxygens (including phenoxy) is 1. The molecule has 0 aromatic heterocycles. The van der Waals surface area contributed by atoms with E-state index < -0.39 is 12.8 Å². The molecule has 0 saturated carbocycles. The molecule has 2 rings (SSSR count). The lowest BCUT2D eigenvalue weighted by Gasteiger charge is -2.20. The van der Waals surface area contributed by atoms with E-state index in [1.807, 2.05) is 12.1 Å². The van der Waals surface area contributed by atoms with Crippen molar-refractivity contribution in [3.8, 4) is 5.75 Å². The van der Waals surface area contributed by atoms with E-state index in [2.05, 4.69) is 0 Å². The number of rotatable bonds is 6. The number of halogens is 4.